The van der Waals surface area contributed by atoms with Crippen molar-refractivity contribution in [2.24, 2.45) is 22.2 Å². The molecule has 2 aliphatic carbocycles. The van der Waals surface area contributed by atoms with Gasteiger partial charge in [-0.1, -0.05) is 40.0 Å². The van der Waals surface area contributed by atoms with Gasteiger partial charge in [-0.3, -0.25) is 4.99 Å². The van der Waals surface area contributed by atoms with Crippen LogP contribution < -0.4 is 10.6 Å². The van der Waals surface area contributed by atoms with Crippen LogP contribution in [0.1, 0.15) is 78.6 Å². The molecule has 4 atom stereocenters. The van der Waals surface area contributed by atoms with Crippen LogP contribution in [0.4, 0.5) is 0 Å². The first-order valence-corrected chi connectivity index (χ1v) is 12.8. The highest BCUT2D eigenvalue weighted by Gasteiger charge is 2.31. The quantitative estimate of drug-likeness (QED) is 0.329. The summed E-state index contributed by atoms with van der Waals surface area (Å²) in [4.78, 5) is 4.87. The van der Waals surface area contributed by atoms with Crippen LogP contribution >= 0.6 is 24.0 Å². The van der Waals surface area contributed by atoms with Gasteiger partial charge in [0.1, 0.15) is 0 Å². The van der Waals surface area contributed by atoms with Gasteiger partial charge in [0.15, 0.2) is 15.8 Å². The molecule has 4 unspecified atom stereocenters. The standard InChI is InChI=1S/C21H39N3O2S.HI/c1-16-7-4-5-9-19(16)24-20(22-14-17-10-12-27(25,26)15-17)23-18-8-6-11-21(2,3)13-18;/h16-19H,4-15H2,1-3H3,(H2,22,23,24);1H. The van der Waals surface area contributed by atoms with E-state index in [2.05, 4.69) is 31.4 Å². The Labute approximate surface area is 189 Å². The van der Waals surface area contributed by atoms with Crippen molar-refractivity contribution in [3.05, 3.63) is 0 Å². The molecule has 0 aromatic rings. The van der Waals surface area contributed by atoms with Gasteiger partial charge in [-0.05, 0) is 55.8 Å². The van der Waals surface area contributed by atoms with Crippen molar-refractivity contribution in [2.75, 3.05) is 18.1 Å². The summed E-state index contributed by atoms with van der Waals surface area (Å²) in [6, 6.07) is 0.945. The molecule has 164 valence electrons. The number of rotatable bonds is 4. The molecule has 1 saturated heterocycles. The molecule has 2 N–H and O–H groups in total. The number of aliphatic imine (C=N–C) groups is 1. The second-order valence-electron chi connectivity index (χ2n) is 10.1. The smallest absolute Gasteiger partial charge is 0.191 e. The fourth-order valence-electron chi connectivity index (χ4n) is 5.09. The number of nitrogens with one attached hydrogen (secondary N) is 2. The van der Waals surface area contributed by atoms with Crippen molar-refractivity contribution in [3.8, 4) is 0 Å². The van der Waals surface area contributed by atoms with E-state index in [0.29, 0.717) is 41.5 Å². The minimum atomic E-state index is -2.83. The first kappa shape index (κ1) is 24.2. The number of guanidine groups is 1. The molecular formula is C21H40IN3O2S. The van der Waals surface area contributed by atoms with E-state index in [1.54, 1.807) is 0 Å². The average molecular weight is 526 g/mol. The van der Waals surface area contributed by atoms with Crippen molar-refractivity contribution >= 4 is 39.8 Å². The van der Waals surface area contributed by atoms with Crippen LogP contribution in [0.5, 0.6) is 0 Å². The molecular weight excluding hydrogens is 485 g/mol. The van der Waals surface area contributed by atoms with Crippen molar-refractivity contribution < 1.29 is 8.42 Å². The maximum Gasteiger partial charge on any atom is 0.191 e. The van der Waals surface area contributed by atoms with Crippen LogP contribution in [-0.2, 0) is 9.84 Å². The fraction of sp³-hybridized carbons (Fsp3) is 0.952. The highest BCUT2D eigenvalue weighted by atomic mass is 127. The third kappa shape index (κ3) is 7.33. The van der Waals surface area contributed by atoms with Crippen LogP contribution in [-0.4, -0.2) is 44.5 Å². The zero-order chi connectivity index (χ0) is 19.5. The van der Waals surface area contributed by atoms with Crippen molar-refractivity contribution in [2.45, 2.75) is 90.6 Å². The Morgan fingerprint density at radius 1 is 1.07 bits per heavy atom. The van der Waals surface area contributed by atoms with E-state index in [1.165, 1.54) is 51.4 Å². The van der Waals surface area contributed by atoms with E-state index >= 15 is 0 Å². The predicted octanol–water partition coefficient (Wildman–Crippen LogP) is 4.12. The van der Waals surface area contributed by atoms with Gasteiger partial charge in [0.25, 0.3) is 0 Å². The molecule has 3 fully saturated rings. The molecule has 7 heteroatoms. The van der Waals surface area contributed by atoms with Crippen LogP contribution in [0, 0.1) is 17.3 Å². The maximum absolute atomic E-state index is 11.8. The SMILES string of the molecule is CC1CCCCC1NC(=NCC1CCS(=O)(=O)C1)NC1CCCC(C)(C)C1.I. The Kier molecular flexibility index (Phi) is 8.92. The third-order valence-corrected chi connectivity index (χ3v) is 8.65. The number of hydrogen-bond donors (Lipinski definition) is 2. The Hall–Kier alpha value is -0.0500. The Morgan fingerprint density at radius 2 is 1.82 bits per heavy atom. The van der Waals surface area contributed by atoms with Gasteiger partial charge in [0, 0.05) is 18.6 Å². The van der Waals surface area contributed by atoms with E-state index in [-0.39, 0.29) is 29.9 Å². The van der Waals surface area contributed by atoms with Crippen LogP contribution in [0.3, 0.4) is 0 Å². The van der Waals surface area contributed by atoms with Gasteiger partial charge < -0.3 is 10.6 Å². The molecule has 28 heavy (non-hydrogen) atoms. The Morgan fingerprint density at radius 3 is 2.46 bits per heavy atom. The lowest BCUT2D eigenvalue weighted by Crippen LogP contribution is -2.51. The molecule has 1 aliphatic heterocycles. The third-order valence-electron chi connectivity index (χ3n) is 6.81. The second kappa shape index (κ2) is 10.3. The van der Waals surface area contributed by atoms with Crippen LogP contribution in [0.2, 0.25) is 0 Å². The topological polar surface area (TPSA) is 70.6 Å². The van der Waals surface area contributed by atoms with Gasteiger partial charge >= 0.3 is 0 Å². The first-order chi connectivity index (χ1) is 12.7. The molecule has 3 aliphatic rings. The first-order valence-electron chi connectivity index (χ1n) is 11.0. The molecule has 2 saturated carbocycles. The van der Waals surface area contributed by atoms with E-state index in [0.717, 1.165) is 12.4 Å². The number of halogens is 1. The van der Waals surface area contributed by atoms with Crippen molar-refractivity contribution in [1.82, 2.24) is 10.6 Å². The number of nitrogens with zero attached hydrogens (tertiary/aromatic N) is 1. The number of sulfone groups is 1. The summed E-state index contributed by atoms with van der Waals surface area (Å²) in [6.45, 7) is 7.67. The lowest BCUT2D eigenvalue weighted by molar-refractivity contribution is 0.209. The van der Waals surface area contributed by atoms with Gasteiger partial charge in [0.05, 0.1) is 11.5 Å². The lowest BCUT2D eigenvalue weighted by atomic mass is 9.75. The predicted molar refractivity (Wildman–Crippen MR) is 128 cm³/mol. The van der Waals surface area contributed by atoms with Crippen molar-refractivity contribution in [3.63, 3.8) is 0 Å². The normalized spacial score (nSPS) is 35.0. The molecule has 0 radical (unpaired) electrons. The largest absolute Gasteiger partial charge is 0.354 e. The average Bonchev–Trinajstić information content (AvgIpc) is 2.93. The minimum Gasteiger partial charge on any atom is -0.354 e. The van der Waals surface area contributed by atoms with Gasteiger partial charge in [-0.25, -0.2) is 8.42 Å². The summed E-state index contributed by atoms with van der Waals surface area (Å²) in [5.74, 6) is 2.40. The van der Waals surface area contributed by atoms with Gasteiger partial charge in [-0.15, -0.1) is 24.0 Å². The summed E-state index contributed by atoms with van der Waals surface area (Å²) in [7, 11) is -2.83. The summed E-state index contributed by atoms with van der Waals surface area (Å²) >= 11 is 0. The molecule has 0 bridgehead atoms. The van der Waals surface area contributed by atoms with E-state index < -0.39 is 9.84 Å². The Bertz CT molecular complexity index is 636. The molecule has 0 spiro atoms. The highest BCUT2D eigenvalue weighted by Crippen LogP contribution is 2.35. The monoisotopic (exact) mass is 525 g/mol. The molecule has 0 aromatic heterocycles. The molecule has 1 heterocycles. The van der Waals surface area contributed by atoms with Crippen LogP contribution in [0.15, 0.2) is 4.99 Å². The minimum absolute atomic E-state index is 0. The maximum atomic E-state index is 11.8. The molecule has 0 aromatic carbocycles. The van der Waals surface area contributed by atoms with Crippen molar-refractivity contribution in [1.29, 1.82) is 0 Å². The van der Waals surface area contributed by atoms with Gasteiger partial charge in [-0.2, -0.15) is 0 Å². The zero-order valence-corrected chi connectivity index (χ0v) is 21.0. The van der Waals surface area contributed by atoms with Crippen LogP contribution in [0.25, 0.3) is 0 Å². The van der Waals surface area contributed by atoms with E-state index in [4.69, 9.17) is 4.99 Å². The fourth-order valence-corrected chi connectivity index (χ4v) is 6.94. The summed E-state index contributed by atoms with van der Waals surface area (Å²) in [6.07, 6.45) is 10.8. The van der Waals surface area contributed by atoms with E-state index in [1.807, 2.05) is 0 Å². The molecule has 0 amide bonds. The molecule has 5 nitrogen and oxygen atoms in total. The molecule has 3 rings (SSSR count). The number of hydrogen-bond acceptors (Lipinski definition) is 3. The summed E-state index contributed by atoms with van der Waals surface area (Å²) < 4.78 is 23.5. The highest BCUT2D eigenvalue weighted by molar-refractivity contribution is 14.0. The zero-order valence-electron chi connectivity index (χ0n) is 17.9. The lowest BCUT2D eigenvalue weighted by Gasteiger charge is -2.37. The Balaban J connectivity index is 0.00000280. The summed E-state index contributed by atoms with van der Waals surface area (Å²) in [5, 5.41) is 7.43. The van der Waals surface area contributed by atoms with Gasteiger partial charge in [0.2, 0.25) is 0 Å². The summed E-state index contributed by atoms with van der Waals surface area (Å²) in [5.41, 5.74) is 0.388. The van der Waals surface area contributed by atoms with E-state index in [9.17, 15) is 8.42 Å². The second-order valence-corrected chi connectivity index (χ2v) is 12.3.